The predicted octanol–water partition coefficient (Wildman–Crippen LogP) is 5.71. The standard InChI is InChI=1S/C26H21BrN2O3/c27-26-23-9-5-4-8-21(23)12-15-24(26)32-18-25(30)29-28-16-19-10-13-22(14-11-19)31-17-20-6-2-1-3-7-20/h1-16H,17-18H2,(H,29,30)/b28-16+. The van der Waals surface area contributed by atoms with Crippen molar-refractivity contribution < 1.29 is 14.3 Å². The van der Waals surface area contributed by atoms with E-state index in [4.69, 9.17) is 9.47 Å². The highest BCUT2D eigenvalue weighted by molar-refractivity contribution is 9.10. The van der Waals surface area contributed by atoms with Crippen LogP contribution < -0.4 is 14.9 Å². The van der Waals surface area contributed by atoms with Crippen molar-refractivity contribution >= 4 is 38.8 Å². The Hall–Kier alpha value is -3.64. The molecule has 0 fully saturated rings. The van der Waals surface area contributed by atoms with Crippen molar-refractivity contribution in [1.82, 2.24) is 5.43 Å². The van der Waals surface area contributed by atoms with E-state index in [1.54, 1.807) is 6.21 Å². The van der Waals surface area contributed by atoms with Crippen LogP contribution in [0.4, 0.5) is 0 Å². The number of ether oxygens (including phenoxy) is 2. The van der Waals surface area contributed by atoms with E-state index in [0.29, 0.717) is 12.4 Å². The smallest absolute Gasteiger partial charge is 0.277 e. The summed E-state index contributed by atoms with van der Waals surface area (Å²) in [7, 11) is 0. The fraction of sp³-hybridized carbons (Fsp3) is 0.0769. The third kappa shape index (κ3) is 5.74. The normalized spacial score (nSPS) is 10.9. The number of amides is 1. The molecule has 4 rings (SSSR count). The Labute approximate surface area is 194 Å². The summed E-state index contributed by atoms with van der Waals surface area (Å²) in [4.78, 5) is 12.1. The van der Waals surface area contributed by atoms with E-state index in [2.05, 4.69) is 26.5 Å². The molecule has 0 spiro atoms. The predicted molar refractivity (Wildman–Crippen MR) is 130 cm³/mol. The maximum Gasteiger partial charge on any atom is 0.277 e. The second-order valence-electron chi connectivity index (χ2n) is 7.02. The molecule has 0 radical (unpaired) electrons. The molecule has 160 valence electrons. The van der Waals surface area contributed by atoms with Gasteiger partial charge in [-0.05, 0) is 68.2 Å². The molecule has 4 aromatic carbocycles. The zero-order valence-electron chi connectivity index (χ0n) is 17.2. The lowest BCUT2D eigenvalue weighted by Gasteiger charge is -2.09. The van der Waals surface area contributed by atoms with E-state index in [1.165, 1.54) is 0 Å². The molecule has 0 aliphatic heterocycles. The van der Waals surface area contributed by atoms with Crippen LogP contribution in [-0.4, -0.2) is 18.7 Å². The van der Waals surface area contributed by atoms with E-state index in [9.17, 15) is 4.79 Å². The van der Waals surface area contributed by atoms with Crippen molar-refractivity contribution in [2.75, 3.05) is 6.61 Å². The molecule has 0 aliphatic carbocycles. The molecule has 0 unspecified atom stereocenters. The van der Waals surface area contributed by atoms with Gasteiger partial charge in [0.1, 0.15) is 18.1 Å². The molecule has 5 nitrogen and oxygen atoms in total. The number of hydrogen-bond donors (Lipinski definition) is 1. The van der Waals surface area contributed by atoms with Gasteiger partial charge in [-0.15, -0.1) is 0 Å². The molecule has 0 aliphatic rings. The molecule has 0 saturated heterocycles. The van der Waals surface area contributed by atoms with E-state index >= 15 is 0 Å². The average Bonchev–Trinajstić information content (AvgIpc) is 2.84. The number of fused-ring (bicyclic) bond motifs is 1. The Morgan fingerprint density at radius 3 is 2.44 bits per heavy atom. The minimum absolute atomic E-state index is 0.138. The number of hydrazone groups is 1. The average molecular weight is 489 g/mol. The summed E-state index contributed by atoms with van der Waals surface area (Å²) in [5.41, 5.74) is 4.43. The van der Waals surface area contributed by atoms with Crippen LogP contribution >= 0.6 is 15.9 Å². The van der Waals surface area contributed by atoms with Gasteiger partial charge in [0.2, 0.25) is 0 Å². The van der Waals surface area contributed by atoms with Crippen LogP contribution in [0.1, 0.15) is 11.1 Å². The Kier molecular flexibility index (Phi) is 7.15. The van der Waals surface area contributed by atoms with Crippen molar-refractivity contribution in [3.05, 3.63) is 107 Å². The molecular formula is C26H21BrN2O3. The largest absolute Gasteiger partial charge is 0.489 e. The minimum atomic E-state index is -0.343. The van der Waals surface area contributed by atoms with Crippen LogP contribution in [0.25, 0.3) is 10.8 Å². The van der Waals surface area contributed by atoms with Crippen LogP contribution in [0.15, 0.2) is 101 Å². The third-order valence-corrected chi connectivity index (χ3v) is 5.54. The molecular weight excluding hydrogens is 468 g/mol. The molecule has 0 saturated carbocycles. The monoisotopic (exact) mass is 488 g/mol. The number of halogens is 1. The summed E-state index contributed by atoms with van der Waals surface area (Å²) in [5, 5.41) is 6.11. The summed E-state index contributed by atoms with van der Waals surface area (Å²) < 4.78 is 12.2. The highest BCUT2D eigenvalue weighted by Crippen LogP contribution is 2.32. The van der Waals surface area contributed by atoms with E-state index in [-0.39, 0.29) is 12.5 Å². The van der Waals surface area contributed by atoms with Crippen molar-refractivity contribution in [3.63, 3.8) is 0 Å². The summed E-state index contributed by atoms with van der Waals surface area (Å²) >= 11 is 3.55. The van der Waals surface area contributed by atoms with E-state index < -0.39 is 0 Å². The Morgan fingerprint density at radius 2 is 1.62 bits per heavy atom. The SMILES string of the molecule is O=C(COc1ccc2ccccc2c1Br)N/N=C/c1ccc(OCc2ccccc2)cc1. The topological polar surface area (TPSA) is 59.9 Å². The number of nitrogens with zero attached hydrogens (tertiary/aromatic N) is 1. The highest BCUT2D eigenvalue weighted by atomic mass is 79.9. The fourth-order valence-electron chi connectivity index (χ4n) is 3.07. The maximum absolute atomic E-state index is 12.1. The van der Waals surface area contributed by atoms with Crippen LogP contribution in [-0.2, 0) is 11.4 Å². The second kappa shape index (κ2) is 10.6. The quantitative estimate of drug-likeness (QED) is 0.255. The molecule has 0 aromatic heterocycles. The first-order valence-electron chi connectivity index (χ1n) is 10.1. The van der Waals surface area contributed by atoms with Gasteiger partial charge in [-0.3, -0.25) is 4.79 Å². The zero-order chi connectivity index (χ0) is 22.2. The minimum Gasteiger partial charge on any atom is -0.489 e. The van der Waals surface area contributed by atoms with Gasteiger partial charge in [-0.2, -0.15) is 5.10 Å². The van der Waals surface area contributed by atoms with Gasteiger partial charge in [0.05, 0.1) is 10.7 Å². The molecule has 32 heavy (non-hydrogen) atoms. The lowest BCUT2D eigenvalue weighted by Crippen LogP contribution is -2.24. The second-order valence-corrected chi connectivity index (χ2v) is 7.82. The van der Waals surface area contributed by atoms with E-state index in [1.807, 2.05) is 91.0 Å². The summed E-state index contributed by atoms with van der Waals surface area (Å²) in [6.07, 6.45) is 1.57. The van der Waals surface area contributed by atoms with Crippen molar-refractivity contribution in [2.24, 2.45) is 5.10 Å². The zero-order valence-corrected chi connectivity index (χ0v) is 18.8. The van der Waals surface area contributed by atoms with Gasteiger partial charge in [-0.25, -0.2) is 5.43 Å². The molecule has 1 N–H and O–H groups in total. The van der Waals surface area contributed by atoms with Gasteiger partial charge in [-0.1, -0.05) is 60.7 Å². The Bertz CT molecular complexity index is 1230. The number of hydrogen-bond acceptors (Lipinski definition) is 4. The Balaban J connectivity index is 1.25. The summed E-state index contributed by atoms with van der Waals surface area (Å²) in [6.45, 7) is 0.373. The number of carbonyl (C=O) groups is 1. The lowest BCUT2D eigenvalue weighted by atomic mass is 10.1. The van der Waals surface area contributed by atoms with Crippen LogP contribution in [0, 0.1) is 0 Å². The fourth-order valence-corrected chi connectivity index (χ4v) is 3.68. The Morgan fingerprint density at radius 1 is 0.875 bits per heavy atom. The van der Waals surface area contributed by atoms with Crippen LogP contribution in [0.5, 0.6) is 11.5 Å². The van der Waals surface area contributed by atoms with Gasteiger partial charge in [0.15, 0.2) is 6.61 Å². The molecule has 6 heteroatoms. The van der Waals surface area contributed by atoms with Gasteiger partial charge < -0.3 is 9.47 Å². The highest BCUT2D eigenvalue weighted by Gasteiger charge is 2.08. The number of nitrogens with one attached hydrogen (secondary N) is 1. The number of rotatable bonds is 8. The molecule has 4 aromatic rings. The van der Waals surface area contributed by atoms with Crippen LogP contribution in [0.2, 0.25) is 0 Å². The lowest BCUT2D eigenvalue weighted by molar-refractivity contribution is -0.123. The molecule has 0 atom stereocenters. The molecule has 0 heterocycles. The first-order chi connectivity index (χ1) is 15.7. The van der Waals surface area contributed by atoms with E-state index in [0.717, 1.165) is 32.1 Å². The van der Waals surface area contributed by atoms with Crippen molar-refractivity contribution in [2.45, 2.75) is 6.61 Å². The summed E-state index contributed by atoms with van der Waals surface area (Å²) in [5.74, 6) is 1.03. The first kappa shape index (κ1) is 21.6. The summed E-state index contributed by atoms with van der Waals surface area (Å²) in [6, 6.07) is 29.2. The third-order valence-electron chi connectivity index (χ3n) is 4.72. The van der Waals surface area contributed by atoms with Crippen molar-refractivity contribution in [3.8, 4) is 11.5 Å². The number of carbonyl (C=O) groups excluding carboxylic acids is 1. The van der Waals surface area contributed by atoms with Crippen molar-refractivity contribution in [1.29, 1.82) is 0 Å². The molecule has 0 bridgehead atoms. The molecule has 1 amide bonds. The van der Waals surface area contributed by atoms with Gasteiger partial charge in [0.25, 0.3) is 5.91 Å². The van der Waals surface area contributed by atoms with Crippen LogP contribution in [0.3, 0.4) is 0 Å². The number of benzene rings is 4. The maximum atomic E-state index is 12.1. The first-order valence-corrected chi connectivity index (χ1v) is 10.9. The van der Waals surface area contributed by atoms with Gasteiger partial charge in [0, 0.05) is 0 Å². The van der Waals surface area contributed by atoms with Gasteiger partial charge >= 0.3 is 0 Å².